The molecule has 0 saturated carbocycles. The first-order valence-electron chi connectivity index (χ1n) is 10.2. The number of methoxy groups -OCH3 is 1. The maximum Gasteiger partial charge on any atom is 0.337 e. The van der Waals surface area contributed by atoms with Crippen LogP contribution in [0.4, 0.5) is 0 Å². The third-order valence-electron chi connectivity index (χ3n) is 5.48. The summed E-state index contributed by atoms with van der Waals surface area (Å²) in [5.74, 6) is -0.646. The number of benzene rings is 2. The van der Waals surface area contributed by atoms with Crippen LogP contribution in [0.1, 0.15) is 17.5 Å². The van der Waals surface area contributed by atoms with E-state index in [2.05, 4.69) is 11.2 Å². The molecule has 1 aliphatic heterocycles. The van der Waals surface area contributed by atoms with Crippen LogP contribution in [-0.4, -0.2) is 25.6 Å². The SMILES string of the molecule is COC(=O)C1=CO[C@@H](OCc2ccccc2)[C@@H]2C(C=NOCc3ccccc3)=CC[C@H]12. The Morgan fingerprint density at radius 3 is 2.42 bits per heavy atom. The predicted octanol–water partition coefficient (Wildman–Crippen LogP) is 4.38. The first-order valence-corrected chi connectivity index (χ1v) is 10.2. The van der Waals surface area contributed by atoms with E-state index in [1.165, 1.54) is 13.4 Å². The Hall–Kier alpha value is -3.38. The average molecular weight is 419 g/mol. The van der Waals surface area contributed by atoms with Crippen LogP contribution < -0.4 is 0 Å². The van der Waals surface area contributed by atoms with E-state index in [-0.39, 0.29) is 17.8 Å². The summed E-state index contributed by atoms with van der Waals surface area (Å²) in [5, 5.41) is 4.14. The second-order valence-electron chi connectivity index (χ2n) is 7.43. The molecule has 2 aromatic rings. The molecule has 4 rings (SSSR count). The average Bonchev–Trinajstić information content (AvgIpc) is 3.25. The number of nitrogens with zero attached hydrogens (tertiary/aromatic N) is 1. The fourth-order valence-corrected chi connectivity index (χ4v) is 3.89. The topological polar surface area (TPSA) is 66.4 Å². The van der Waals surface area contributed by atoms with Crippen molar-refractivity contribution < 1.29 is 23.8 Å². The second-order valence-corrected chi connectivity index (χ2v) is 7.43. The van der Waals surface area contributed by atoms with Crippen LogP contribution in [0.5, 0.6) is 0 Å². The van der Waals surface area contributed by atoms with Crippen LogP contribution in [-0.2, 0) is 37.1 Å². The highest BCUT2D eigenvalue weighted by Gasteiger charge is 2.44. The number of allylic oxidation sites excluding steroid dienone is 1. The molecule has 0 spiro atoms. The molecule has 0 bridgehead atoms. The van der Waals surface area contributed by atoms with Gasteiger partial charge in [0.25, 0.3) is 0 Å². The van der Waals surface area contributed by atoms with E-state index in [0.29, 0.717) is 25.2 Å². The summed E-state index contributed by atoms with van der Waals surface area (Å²) in [5.41, 5.74) is 3.52. The van der Waals surface area contributed by atoms with Gasteiger partial charge >= 0.3 is 5.97 Å². The highest BCUT2D eigenvalue weighted by molar-refractivity contribution is 5.90. The molecule has 6 nitrogen and oxygen atoms in total. The van der Waals surface area contributed by atoms with Gasteiger partial charge in [-0.25, -0.2) is 4.79 Å². The summed E-state index contributed by atoms with van der Waals surface area (Å²) in [6.45, 7) is 0.793. The van der Waals surface area contributed by atoms with Crippen LogP contribution in [0.25, 0.3) is 0 Å². The monoisotopic (exact) mass is 419 g/mol. The standard InChI is InChI=1S/C25H25NO5/c1-28-24(27)22-17-30-25(29-15-18-8-4-2-5-9-18)23-20(12-13-21(22)23)14-26-31-16-19-10-6-3-7-11-19/h2-12,14,17,21,23,25H,13,15-16H2,1H3/t21-,23-,25-/m1/s1. The lowest BCUT2D eigenvalue weighted by atomic mass is 9.83. The molecule has 1 heterocycles. The van der Waals surface area contributed by atoms with Gasteiger partial charge in [0.15, 0.2) is 0 Å². The molecule has 0 fully saturated rings. The maximum absolute atomic E-state index is 12.2. The number of hydrogen-bond donors (Lipinski definition) is 0. The molecular formula is C25H25NO5. The Kier molecular flexibility index (Phi) is 6.79. The highest BCUT2D eigenvalue weighted by Crippen LogP contribution is 2.43. The number of hydrogen-bond acceptors (Lipinski definition) is 6. The molecule has 0 aromatic heterocycles. The quantitative estimate of drug-likeness (QED) is 0.361. The summed E-state index contributed by atoms with van der Waals surface area (Å²) in [7, 11) is 1.37. The summed E-state index contributed by atoms with van der Waals surface area (Å²) < 4.78 is 16.9. The molecule has 2 aliphatic rings. The van der Waals surface area contributed by atoms with E-state index in [9.17, 15) is 4.79 Å². The molecule has 0 amide bonds. The first kappa shape index (κ1) is 20.9. The van der Waals surface area contributed by atoms with Crippen molar-refractivity contribution >= 4 is 12.2 Å². The van der Waals surface area contributed by atoms with Crippen LogP contribution in [0.2, 0.25) is 0 Å². The largest absolute Gasteiger partial charge is 0.471 e. The highest BCUT2D eigenvalue weighted by atomic mass is 16.7. The van der Waals surface area contributed by atoms with E-state index in [4.69, 9.17) is 19.0 Å². The normalized spacial score (nSPS) is 22.3. The fraction of sp³-hybridized carbons (Fsp3) is 0.280. The predicted molar refractivity (Wildman–Crippen MR) is 116 cm³/mol. The Morgan fingerprint density at radius 2 is 1.74 bits per heavy atom. The van der Waals surface area contributed by atoms with Gasteiger partial charge in [0, 0.05) is 5.92 Å². The number of rotatable bonds is 8. The van der Waals surface area contributed by atoms with Crippen molar-refractivity contribution in [2.75, 3.05) is 7.11 Å². The van der Waals surface area contributed by atoms with E-state index in [0.717, 1.165) is 16.7 Å². The van der Waals surface area contributed by atoms with Gasteiger partial charge in [0.1, 0.15) is 6.61 Å². The van der Waals surface area contributed by atoms with Crippen LogP contribution in [0, 0.1) is 11.8 Å². The van der Waals surface area contributed by atoms with Gasteiger partial charge in [-0.1, -0.05) is 71.9 Å². The minimum Gasteiger partial charge on any atom is -0.471 e. The number of fused-ring (bicyclic) bond motifs is 1. The van der Waals surface area contributed by atoms with Crippen molar-refractivity contribution in [3.05, 3.63) is 95.3 Å². The lowest BCUT2D eigenvalue weighted by Gasteiger charge is -2.34. The molecular weight excluding hydrogens is 394 g/mol. The summed E-state index contributed by atoms with van der Waals surface area (Å²) in [4.78, 5) is 17.7. The molecule has 3 atom stereocenters. The number of carbonyl (C=O) groups excluding carboxylic acids is 1. The Bertz CT molecular complexity index is 968. The zero-order valence-corrected chi connectivity index (χ0v) is 17.3. The van der Waals surface area contributed by atoms with Crippen molar-refractivity contribution in [3.63, 3.8) is 0 Å². The lowest BCUT2D eigenvalue weighted by molar-refractivity contribution is -0.159. The van der Waals surface area contributed by atoms with Gasteiger partial charge in [0.2, 0.25) is 6.29 Å². The Morgan fingerprint density at radius 1 is 1.06 bits per heavy atom. The van der Waals surface area contributed by atoms with Gasteiger partial charge in [-0.05, 0) is 23.1 Å². The lowest BCUT2D eigenvalue weighted by Crippen LogP contribution is -2.37. The third-order valence-corrected chi connectivity index (χ3v) is 5.48. The Labute approximate surface area is 181 Å². The van der Waals surface area contributed by atoms with Gasteiger partial charge in [0.05, 0.1) is 37.7 Å². The summed E-state index contributed by atoms with van der Waals surface area (Å²) in [6.07, 6.45) is 5.36. The van der Waals surface area contributed by atoms with Crippen molar-refractivity contribution in [1.29, 1.82) is 0 Å². The zero-order chi connectivity index (χ0) is 21.5. The number of carbonyl (C=O) groups is 1. The third kappa shape index (κ3) is 5.03. The van der Waals surface area contributed by atoms with Gasteiger partial charge < -0.3 is 19.0 Å². The molecule has 1 aliphatic carbocycles. The van der Waals surface area contributed by atoms with Gasteiger partial charge in [-0.3, -0.25) is 0 Å². The number of oxime groups is 1. The van der Waals surface area contributed by atoms with E-state index < -0.39 is 6.29 Å². The fourth-order valence-electron chi connectivity index (χ4n) is 3.89. The minimum absolute atomic E-state index is 0.0856. The first-order chi connectivity index (χ1) is 15.3. The maximum atomic E-state index is 12.2. The smallest absolute Gasteiger partial charge is 0.337 e. The van der Waals surface area contributed by atoms with Gasteiger partial charge in [-0.2, -0.15) is 0 Å². The number of esters is 1. The summed E-state index contributed by atoms with van der Waals surface area (Å²) >= 11 is 0. The van der Waals surface area contributed by atoms with Crippen LogP contribution in [0.3, 0.4) is 0 Å². The Balaban J connectivity index is 1.45. The van der Waals surface area contributed by atoms with Crippen LogP contribution >= 0.6 is 0 Å². The van der Waals surface area contributed by atoms with E-state index in [1.54, 1.807) is 6.21 Å². The molecule has 160 valence electrons. The number of ether oxygens (including phenoxy) is 3. The minimum atomic E-state index is -0.534. The molecule has 0 unspecified atom stereocenters. The van der Waals surface area contributed by atoms with E-state index in [1.807, 2.05) is 60.7 Å². The van der Waals surface area contributed by atoms with Crippen molar-refractivity contribution in [2.45, 2.75) is 25.9 Å². The van der Waals surface area contributed by atoms with Crippen molar-refractivity contribution in [1.82, 2.24) is 0 Å². The molecule has 6 heteroatoms. The molecule has 2 aromatic carbocycles. The zero-order valence-electron chi connectivity index (χ0n) is 17.3. The van der Waals surface area contributed by atoms with Crippen molar-refractivity contribution in [3.8, 4) is 0 Å². The van der Waals surface area contributed by atoms with Gasteiger partial charge in [-0.15, -0.1) is 0 Å². The van der Waals surface area contributed by atoms with E-state index >= 15 is 0 Å². The molecule has 0 N–H and O–H groups in total. The van der Waals surface area contributed by atoms with Crippen molar-refractivity contribution in [2.24, 2.45) is 17.0 Å². The molecule has 0 radical (unpaired) electrons. The second kappa shape index (κ2) is 10.1. The molecule has 0 saturated heterocycles. The summed E-state index contributed by atoms with van der Waals surface area (Å²) in [6, 6.07) is 19.7. The molecule has 31 heavy (non-hydrogen) atoms. The van der Waals surface area contributed by atoms with Crippen LogP contribution in [0.15, 0.2) is 89.3 Å².